The molecule has 4 heteroatoms. The van der Waals surface area contributed by atoms with E-state index in [1.165, 1.54) is 0 Å². The molecular weight excluding hydrogens is 220 g/mol. The zero-order chi connectivity index (χ0) is 13.3. The number of allylic oxidation sites excluding steroid dienone is 2. The number of hydrogen-bond acceptors (Lipinski definition) is 4. The predicted molar refractivity (Wildman–Crippen MR) is 65.1 cm³/mol. The molecule has 0 aromatic heterocycles. The average Bonchev–Trinajstić information content (AvgIpc) is 2.24. The Morgan fingerprint density at radius 3 is 2.29 bits per heavy atom. The molecule has 0 bridgehead atoms. The van der Waals surface area contributed by atoms with Crippen molar-refractivity contribution in [2.24, 2.45) is 5.92 Å². The summed E-state index contributed by atoms with van der Waals surface area (Å²) in [5.41, 5.74) is 0. The fourth-order valence-corrected chi connectivity index (χ4v) is 1.05. The maximum atomic E-state index is 11.3. The van der Waals surface area contributed by atoms with E-state index in [2.05, 4.69) is 0 Å². The van der Waals surface area contributed by atoms with Crippen molar-refractivity contribution in [1.82, 2.24) is 0 Å². The number of ether oxygens (including phenoxy) is 2. The van der Waals surface area contributed by atoms with Crippen LogP contribution in [0.5, 0.6) is 0 Å². The molecule has 0 spiro atoms. The molecule has 0 aliphatic rings. The van der Waals surface area contributed by atoms with E-state index in [1.807, 2.05) is 19.1 Å². The third kappa shape index (κ3) is 8.48. The molecule has 0 fully saturated rings. The molecule has 0 rings (SSSR count). The average molecular weight is 242 g/mol. The van der Waals surface area contributed by atoms with Gasteiger partial charge in [-0.2, -0.15) is 0 Å². The molecule has 0 aliphatic heterocycles. The van der Waals surface area contributed by atoms with E-state index in [4.69, 9.17) is 9.47 Å². The Bertz CT molecular complexity index is 269. The van der Waals surface area contributed by atoms with Crippen LogP contribution in [-0.2, 0) is 19.1 Å². The largest absolute Gasteiger partial charge is 0.425 e. The van der Waals surface area contributed by atoms with Gasteiger partial charge < -0.3 is 9.47 Å². The minimum atomic E-state index is -0.812. The second-order valence-electron chi connectivity index (χ2n) is 4.07. The Hall–Kier alpha value is -1.32. The van der Waals surface area contributed by atoms with Crippen molar-refractivity contribution >= 4 is 11.9 Å². The first-order valence-electron chi connectivity index (χ1n) is 6.02. The highest BCUT2D eigenvalue weighted by molar-refractivity contribution is 5.72. The Morgan fingerprint density at radius 2 is 1.76 bits per heavy atom. The molecule has 0 saturated heterocycles. The summed E-state index contributed by atoms with van der Waals surface area (Å²) in [6.45, 7) is 7.03. The van der Waals surface area contributed by atoms with Gasteiger partial charge in [0.2, 0.25) is 6.29 Å². The molecule has 98 valence electrons. The van der Waals surface area contributed by atoms with Gasteiger partial charge in [0.1, 0.15) is 0 Å². The van der Waals surface area contributed by atoms with Gasteiger partial charge in [0.25, 0.3) is 0 Å². The van der Waals surface area contributed by atoms with Gasteiger partial charge in [-0.25, -0.2) is 0 Å². The maximum absolute atomic E-state index is 11.3. The number of hydrogen-bond donors (Lipinski definition) is 0. The van der Waals surface area contributed by atoms with Crippen LogP contribution < -0.4 is 0 Å². The second kappa shape index (κ2) is 8.79. The maximum Gasteiger partial charge on any atom is 0.311 e. The smallest absolute Gasteiger partial charge is 0.311 e. The van der Waals surface area contributed by atoms with Crippen molar-refractivity contribution in [3.05, 3.63) is 12.2 Å². The van der Waals surface area contributed by atoms with Crippen LogP contribution in [0.25, 0.3) is 0 Å². The van der Waals surface area contributed by atoms with E-state index in [9.17, 15) is 9.59 Å². The van der Waals surface area contributed by atoms with Crippen LogP contribution in [0.15, 0.2) is 12.2 Å². The first-order valence-corrected chi connectivity index (χ1v) is 6.02. The Balaban J connectivity index is 3.80. The zero-order valence-electron chi connectivity index (χ0n) is 11.1. The van der Waals surface area contributed by atoms with E-state index in [0.717, 1.165) is 6.42 Å². The first kappa shape index (κ1) is 15.7. The molecule has 0 N–H and O–H groups in total. The van der Waals surface area contributed by atoms with Gasteiger partial charge in [0.05, 0.1) is 5.92 Å². The summed E-state index contributed by atoms with van der Waals surface area (Å²) in [6.07, 6.45) is 5.03. The molecule has 1 atom stereocenters. The summed E-state index contributed by atoms with van der Waals surface area (Å²) in [5.74, 6) is -0.936. The van der Waals surface area contributed by atoms with Crippen molar-refractivity contribution in [2.75, 3.05) is 0 Å². The van der Waals surface area contributed by atoms with E-state index in [-0.39, 0.29) is 17.9 Å². The molecule has 4 nitrogen and oxygen atoms in total. The first-order chi connectivity index (χ1) is 7.97. The molecular formula is C13H22O4. The number of carbonyl (C=O) groups excluding carboxylic acids is 2. The van der Waals surface area contributed by atoms with Gasteiger partial charge in [0, 0.05) is 13.3 Å². The van der Waals surface area contributed by atoms with Crippen LogP contribution in [0.2, 0.25) is 0 Å². The van der Waals surface area contributed by atoms with Crippen LogP contribution in [0, 0.1) is 5.92 Å². The quantitative estimate of drug-likeness (QED) is 0.391. The Labute approximate surface area is 103 Å². The van der Waals surface area contributed by atoms with Crippen molar-refractivity contribution < 1.29 is 19.1 Å². The summed E-state index contributed by atoms with van der Waals surface area (Å²) >= 11 is 0. The standard InChI is InChI=1S/C13H22O4/c1-5-6-7-8-9-12(14)16-11(4)17-13(15)10(2)3/h6-7,10-11H,5,8-9H2,1-4H3. The SMILES string of the molecule is CCC=CCCC(=O)OC(C)OC(=O)C(C)C. The van der Waals surface area contributed by atoms with Gasteiger partial charge in [-0.05, 0) is 12.8 Å². The van der Waals surface area contributed by atoms with Gasteiger partial charge >= 0.3 is 11.9 Å². The van der Waals surface area contributed by atoms with Crippen LogP contribution in [0.4, 0.5) is 0 Å². The fourth-order valence-electron chi connectivity index (χ4n) is 1.05. The highest BCUT2D eigenvalue weighted by atomic mass is 16.7. The van der Waals surface area contributed by atoms with Crippen molar-refractivity contribution in [2.45, 2.75) is 53.2 Å². The molecule has 1 unspecified atom stereocenters. The van der Waals surface area contributed by atoms with E-state index in [0.29, 0.717) is 12.8 Å². The lowest BCUT2D eigenvalue weighted by Gasteiger charge is -2.15. The highest BCUT2D eigenvalue weighted by Crippen LogP contribution is 2.04. The normalized spacial score (nSPS) is 12.8. The lowest BCUT2D eigenvalue weighted by Crippen LogP contribution is -2.24. The monoisotopic (exact) mass is 242 g/mol. The van der Waals surface area contributed by atoms with Crippen molar-refractivity contribution in [3.8, 4) is 0 Å². The van der Waals surface area contributed by atoms with Gasteiger partial charge in [-0.1, -0.05) is 32.9 Å². The molecule has 17 heavy (non-hydrogen) atoms. The summed E-state index contributed by atoms with van der Waals surface area (Å²) in [6, 6.07) is 0. The van der Waals surface area contributed by atoms with Crippen LogP contribution in [-0.4, -0.2) is 18.2 Å². The van der Waals surface area contributed by atoms with Gasteiger partial charge in [0.15, 0.2) is 0 Å². The minimum Gasteiger partial charge on any atom is -0.425 e. The fraction of sp³-hybridized carbons (Fsp3) is 0.692. The van der Waals surface area contributed by atoms with E-state index < -0.39 is 6.29 Å². The number of rotatable bonds is 7. The Morgan fingerprint density at radius 1 is 1.12 bits per heavy atom. The van der Waals surface area contributed by atoms with Crippen LogP contribution in [0.3, 0.4) is 0 Å². The van der Waals surface area contributed by atoms with Crippen LogP contribution in [0.1, 0.15) is 47.0 Å². The minimum absolute atomic E-state index is 0.219. The lowest BCUT2D eigenvalue weighted by molar-refractivity contribution is -0.186. The molecule has 0 radical (unpaired) electrons. The van der Waals surface area contributed by atoms with Crippen molar-refractivity contribution in [1.29, 1.82) is 0 Å². The van der Waals surface area contributed by atoms with Gasteiger partial charge in [-0.15, -0.1) is 0 Å². The molecule has 0 saturated carbocycles. The molecule has 0 aromatic rings. The molecule has 0 aliphatic carbocycles. The molecule has 0 amide bonds. The third-order valence-electron chi connectivity index (χ3n) is 1.97. The Kier molecular flexibility index (Phi) is 8.11. The topological polar surface area (TPSA) is 52.6 Å². The summed E-state index contributed by atoms with van der Waals surface area (Å²) in [4.78, 5) is 22.5. The zero-order valence-corrected chi connectivity index (χ0v) is 11.1. The second-order valence-corrected chi connectivity index (χ2v) is 4.07. The van der Waals surface area contributed by atoms with Crippen molar-refractivity contribution in [3.63, 3.8) is 0 Å². The third-order valence-corrected chi connectivity index (χ3v) is 1.97. The molecule has 0 aromatic carbocycles. The van der Waals surface area contributed by atoms with Crippen LogP contribution >= 0.6 is 0 Å². The summed E-state index contributed by atoms with van der Waals surface area (Å²) < 4.78 is 9.85. The summed E-state index contributed by atoms with van der Waals surface area (Å²) in [5, 5.41) is 0. The predicted octanol–water partition coefficient (Wildman–Crippen LogP) is 2.82. The highest BCUT2D eigenvalue weighted by Gasteiger charge is 2.15. The molecule has 0 heterocycles. The lowest BCUT2D eigenvalue weighted by atomic mass is 10.2. The summed E-state index contributed by atoms with van der Waals surface area (Å²) in [7, 11) is 0. The number of carbonyl (C=O) groups is 2. The van der Waals surface area contributed by atoms with E-state index >= 15 is 0 Å². The van der Waals surface area contributed by atoms with E-state index in [1.54, 1.807) is 20.8 Å². The van der Waals surface area contributed by atoms with Gasteiger partial charge in [-0.3, -0.25) is 9.59 Å². The number of esters is 2.